The Morgan fingerprint density at radius 3 is 2.35 bits per heavy atom. The van der Waals surface area contributed by atoms with Crippen LogP contribution in [-0.2, 0) is 11.2 Å². The van der Waals surface area contributed by atoms with Crippen LogP contribution in [0.2, 0.25) is 0 Å². The summed E-state index contributed by atoms with van der Waals surface area (Å²) in [7, 11) is 0. The van der Waals surface area contributed by atoms with Crippen molar-refractivity contribution in [2.75, 3.05) is 13.1 Å². The van der Waals surface area contributed by atoms with E-state index in [9.17, 15) is 9.59 Å². The maximum atomic E-state index is 12.0. The number of hydrogen-bond acceptors (Lipinski definition) is 3. The third kappa shape index (κ3) is 3.15. The summed E-state index contributed by atoms with van der Waals surface area (Å²) in [4.78, 5) is 31.3. The van der Waals surface area contributed by atoms with Gasteiger partial charge in [0.15, 0.2) is 0 Å². The minimum Gasteiger partial charge on any atom is -0.343 e. The molecule has 0 atom stereocenters. The lowest BCUT2D eigenvalue weighted by molar-refractivity contribution is -0.130. The summed E-state index contributed by atoms with van der Waals surface area (Å²) in [5, 5.41) is 0. The van der Waals surface area contributed by atoms with Crippen LogP contribution in [0.4, 0.5) is 0 Å². The summed E-state index contributed by atoms with van der Waals surface area (Å²) >= 11 is 0. The third-order valence-corrected chi connectivity index (χ3v) is 2.90. The molecule has 0 aliphatic heterocycles. The minimum absolute atomic E-state index is 0.0649. The molecule has 94 valence electrons. The summed E-state index contributed by atoms with van der Waals surface area (Å²) in [5.74, 6) is 0.0649. The average molecular weight is 237 g/mol. The predicted molar refractivity (Wildman–Crippen MR) is 66.0 cm³/mol. The van der Waals surface area contributed by atoms with E-state index in [0.717, 1.165) is 11.3 Å². The standard InChI is InChI=1S/C12H19N3O2/c1-5-15(6-2)11(16)7-10-8(3)13-12(17)14-9(10)4/h5-7H2,1-4H3,(H,13,14,17). The zero-order chi connectivity index (χ0) is 13.0. The van der Waals surface area contributed by atoms with E-state index in [0.29, 0.717) is 25.2 Å². The van der Waals surface area contributed by atoms with E-state index in [4.69, 9.17) is 0 Å². The quantitative estimate of drug-likeness (QED) is 0.842. The zero-order valence-electron chi connectivity index (χ0n) is 10.8. The summed E-state index contributed by atoms with van der Waals surface area (Å²) in [6.07, 6.45) is 0.295. The highest BCUT2D eigenvalue weighted by molar-refractivity contribution is 5.79. The lowest BCUT2D eigenvalue weighted by Crippen LogP contribution is -2.32. The molecule has 1 aromatic heterocycles. The van der Waals surface area contributed by atoms with E-state index in [1.54, 1.807) is 18.7 Å². The van der Waals surface area contributed by atoms with Gasteiger partial charge < -0.3 is 9.88 Å². The molecule has 0 spiro atoms. The van der Waals surface area contributed by atoms with Gasteiger partial charge in [0, 0.05) is 30.0 Å². The molecule has 0 aliphatic rings. The molecule has 0 fully saturated rings. The van der Waals surface area contributed by atoms with Crippen molar-refractivity contribution in [3.8, 4) is 0 Å². The Hall–Kier alpha value is -1.65. The number of amides is 1. The van der Waals surface area contributed by atoms with Crippen LogP contribution < -0.4 is 5.69 Å². The molecule has 5 heteroatoms. The monoisotopic (exact) mass is 237 g/mol. The Labute approximate surface area is 101 Å². The van der Waals surface area contributed by atoms with E-state index >= 15 is 0 Å². The number of aromatic nitrogens is 2. The molecule has 17 heavy (non-hydrogen) atoms. The summed E-state index contributed by atoms with van der Waals surface area (Å²) in [6.45, 7) is 8.85. The van der Waals surface area contributed by atoms with Gasteiger partial charge in [-0.3, -0.25) is 4.79 Å². The van der Waals surface area contributed by atoms with Gasteiger partial charge >= 0.3 is 5.69 Å². The molecule has 1 N–H and O–H groups in total. The van der Waals surface area contributed by atoms with Crippen molar-refractivity contribution in [3.63, 3.8) is 0 Å². The number of nitrogens with zero attached hydrogens (tertiary/aromatic N) is 2. The van der Waals surface area contributed by atoms with E-state index in [-0.39, 0.29) is 11.6 Å². The Morgan fingerprint density at radius 2 is 1.88 bits per heavy atom. The molecule has 1 aromatic rings. The molecule has 0 aromatic carbocycles. The maximum absolute atomic E-state index is 12.0. The van der Waals surface area contributed by atoms with E-state index in [2.05, 4.69) is 9.97 Å². The van der Waals surface area contributed by atoms with Crippen molar-refractivity contribution in [1.82, 2.24) is 14.9 Å². The van der Waals surface area contributed by atoms with Gasteiger partial charge in [-0.1, -0.05) is 0 Å². The molecule has 5 nitrogen and oxygen atoms in total. The Morgan fingerprint density at radius 1 is 1.29 bits per heavy atom. The van der Waals surface area contributed by atoms with Gasteiger partial charge in [-0.15, -0.1) is 0 Å². The second-order valence-electron chi connectivity index (χ2n) is 3.97. The normalized spacial score (nSPS) is 10.4. The molecule has 1 rings (SSSR count). The Kier molecular flexibility index (Phi) is 4.43. The number of carbonyl (C=O) groups is 1. The van der Waals surface area contributed by atoms with E-state index in [1.807, 2.05) is 13.8 Å². The van der Waals surface area contributed by atoms with Crippen LogP contribution in [0.1, 0.15) is 30.8 Å². The fraction of sp³-hybridized carbons (Fsp3) is 0.583. The van der Waals surface area contributed by atoms with Gasteiger partial charge in [0.25, 0.3) is 0 Å². The topological polar surface area (TPSA) is 66.1 Å². The maximum Gasteiger partial charge on any atom is 0.345 e. The zero-order valence-corrected chi connectivity index (χ0v) is 10.8. The highest BCUT2D eigenvalue weighted by Gasteiger charge is 2.14. The van der Waals surface area contributed by atoms with Crippen molar-refractivity contribution in [2.45, 2.75) is 34.1 Å². The van der Waals surface area contributed by atoms with Gasteiger partial charge in [-0.05, 0) is 27.7 Å². The van der Waals surface area contributed by atoms with Crippen molar-refractivity contribution in [1.29, 1.82) is 0 Å². The van der Waals surface area contributed by atoms with Gasteiger partial charge in [0.2, 0.25) is 5.91 Å². The number of aryl methyl sites for hydroxylation is 2. The van der Waals surface area contributed by atoms with Gasteiger partial charge in [0.05, 0.1) is 6.42 Å². The predicted octanol–water partition coefficient (Wildman–Crippen LogP) is 0.798. The van der Waals surface area contributed by atoms with Gasteiger partial charge in [-0.2, -0.15) is 4.98 Å². The fourth-order valence-corrected chi connectivity index (χ4v) is 1.85. The average Bonchev–Trinajstić information content (AvgIpc) is 2.25. The largest absolute Gasteiger partial charge is 0.345 e. The minimum atomic E-state index is -0.362. The molecule has 1 amide bonds. The number of aromatic amines is 1. The van der Waals surface area contributed by atoms with Crippen LogP contribution >= 0.6 is 0 Å². The van der Waals surface area contributed by atoms with Crippen LogP contribution in [0.25, 0.3) is 0 Å². The second-order valence-corrected chi connectivity index (χ2v) is 3.97. The first-order valence-corrected chi connectivity index (χ1v) is 5.83. The Balaban J connectivity index is 2.96. The first-order chi connectivity index (χ1) is 7.99. The molecule has 0 unspecified atom stereocenters. The fourth-order valence-electron chi connectivity index (χ4n) is 1.85. The van der Waals surface area contributed by atoms with Crippen LogP contribution in [0.5, 0.6) is 0 Å². The van der Waals surface area contributed by atoms with Crippen molar-refractivity contribution in [2.24, 2.45) is 0 Å². The van der Waals surface area contributed by atoms with E-state index < -0.39 is 0 Å². The van der Waals surface area contributed by atoms with Gasteiger partial charge in [0.1, 0.15) is 0 Å². The number of nitrogens with one attached hydrogen (secondary N) is 1. The summed E-state index contributed by atoms with van der Waals surface area (Å²) < 4.78 is 0. The summed E-state index contributed by atoms with van der Waals surface area (Å²) in [5.41, 5.74) is 1.82. The van der Waals surface area contributed by atoms with Gasteiger partial charge in [-0.25, -0.2) is 4.79 Å². The molecule has 0 aliphatic carbocycles. The molecule has 0 saturated heterocycles. The molecular formula is C12H19N3O2. The molecule has 0 bridgehead atoms. The van der Waals surface area contributed by atoms with E-state index in [1.165, 1.54) is 0 Å². The number of rotatable bonds is 4. The molecule has 0 saturated carbocycles. The van der Waals surface area contributed by atoms with Crippen molar-refractivity contribution in [3.05, 3.63) is 27.4 Å². The molecular weight excluding hydrogens is 218 g/mol. The lowest BCUT2D eigenvalue weighted by atomic mass is 10.1. The molecule has 1 heterocycles. The summed E-state index contributed by atoms with van der Waals surface area (Å²) in [6, 6.07) is 0. The third-order valence-electron chi connectivity index (χ3n) is 2.90. The van der Waals surface area contributed by atoms with Crippen molar-refractivity contribution >= 4 is 5.91 Å². The first-order valence-electron chi connectivity index (χ1n) is 5.83. The van der Waals surface area contributed by atoms with Crippen LogP contribution in [0.3, 0.4) is 0 Å². The highest BCUT2D eigenvalue weighted by Crippen LogP contribution is 2.09. The van der Waals surface area contributed by atoms with Crippen LogP contribution in [0, 0.1) is 13.8 Å². The van der Waals surface area contributed by atoms with Crippen LogP contribution in [-0.4, -0.2) is 33.9 Å². The van der Waals surface area contributed by atoms with Crippen molar-refractivity contribution < 1.29 is 4.79 Å². The van der Waals surface area contributed by atoms with Crippen LogP contribution in [0.15, 0.2) is 4.79 Å². The SMILES string of the molecule is CCN(CC)C(=O)Cc1c(C)nc(=O)[nH]c1C. The highest BCUT2D eigenvalue weighted by atomic mass is 16.2. The molecule has 0 radical (unpaired) electrons. The number of H-pyrrole nitrogens is 1. The lowest BCUT2D eigenvalue weighted by Gasteiger charge is -2.19. The number of hydrogen-bond donors (Lipinski definition) is 1. The first kappa shape index (κ1) is 13.4. The smallest absolute Gasteiger partial charge is 0.343 e. The number of carbonyl (C=O) groups excluding carboxylic acids is 1. The Bertz CT molecular complexity index is 435. The second kappa shape index (κ2) is 5.61. The number of likely N-dealkylation sites (N-methyl/N-ethyl adjacent to an activating group) is 1.